The SMILES string of the molecule is CNc1cc(N2CCCS2(=O)=O)ccc1C(=O)N1CCN(c2ccc(C)cc2C)CC1. The van der Waals surface area contributed by atoms with E-state index >= 15 is 0 Å². The van der Waals surface area contributed by atoms with Gasteiger partial charge < -0.3 is 15.1 Å². The molecule has 1 N–H and O–H groups in total. The summed E-state index contributed by atoms with van der Waals surface area (Å²) in [6.45, 7) is 7.58. The zero-order valence-electron chi connectivity index (χ0n) is 18.4. The van der Waals surface area contributed by atoms with Crippen LogP contribution in [0.2, 0.25) is 0 Å². The minimum atomic E-state index is -3.25. The summed E-state index contributed by atoms with van der Waals surface area (Å²) in [6.07, 6.45) is 0.628. The standard InChI is InChI=1S/C23H30N4O3S/c1-17-5-8-22(18(2)15-17)25-10-12-26(13-11-25)23(28)20-7-6-19(16-21(20)24-3)27-9-4-14-31(27,29)30/h5-8,15-16,24H,4,9-14H2,1-3H3. The third-order valence-electron chi connectivity index (χ3n) is 6.15. The minimum absolute atomic E-state index is 0.0274. The molecule has 31 heavy (non-hydrogen) atoms. The number of nitrogens with one attached hydrogen (secondary N) is 1. The molecule has 0 bridgehead atoms. The maximum absolute atomic E-state index is 13.2. The van der Waals surface area contributed by atoms with Crippen LogP contribution in [0.15, 0.2) is 36.4 Å². The van der Waals surface area contributed by atoms with Gasteiger partial charge in [-0.1, -0.05) is 17.7 Å². The van der Waals surface area contributed by atoms with Crippen molar-refractivity contribution in [1.29, 1.82) is 0 Å². The van der Waals surface area contributed by atoms with E-state index in [0.29, 0.717) is 43.0 Å². The number of nitrogens with zero attached hydrogens (tertiary/aromatic N) is 3. The fourth-order valence-corrected chi connectivity index (χ4v) is 6.05. The lowest BCUT2D eigenvalue weighted by atomic mass is 10.1. The topological polar surface area (TPSA) is 73.0 Å². The van der Waals surface area contributed by atoms with E-state index in [1.165, 1.54) is 21.1 Å². The van der Waals surface area contributed by atoms with Crippen LogP contribution < -0.4 is 14.5 Å². The highest BCUT2D eigenvalue weighted by Crippen LogP contribution is 2.30. The fraction of sp³-hybridized carbons (Fsp3) is 0.435. The second-order valence-electron chi connectivity index (χ2n) is 8.29. The molecule has 0 unspecified atom stereocenters. The van der Waals surface area contributed by atoms with Crippen molar-refractivity contribution in [2.45, 2.75) is 20.3 Å². The van der Waals surface area contributed by atoms with Gasteiger partial charge in [0.05, 0.1) is 17.0 Å². The highest BCUT2D eigenvalue weighted by molar-refractivity contribution is 7.93. The van der Waals surface area contributed by atoms with Crippen molar-refractivity contribution in [3.63, 3.8) is 0 Å². The number of hydrogen-bond acceptors (Lipinski definition) is 5. The van der Waals surface area contributed by atoms with Crippen molar-refractivity contribution >= 4 is 33.0 Å². The summed E-state index contributed by atoms with van der Waals surface area (Å²) in [5, 5.41) is 3.07. The van der Waals surface area contributed by atoms with Crippen LogP contribution in [-0.4, -0.2) is 64.7 Å². The van der Waals surface area contributed by atoms with E-state index in [0.717, 1.165) is 13.1 Å². The second-order valence-corrected chi connectivity index (χ2v) is 10.3. The van der Waals surface area contributed by atoms with Gasteiger partial charge >= 0.3 is 0 Å². The molecule has 2 saturated heterocycles. The zero-order valence-corrected chi connectivity index (χ0v) is 19.2. The molecule has 2 aliphatic heterocycles. The van der Waals surface area contributed by atoms with Gasteiger partial charge in [-0.25, -0.2) is 8.42 Å². The Balaban J connectivity index is 1.48. The Labute approximate surface area is 184 Å². The van der Waals surface area contributed by atoms with E-state index in [-0.39, 0.29) is 11.7 Å². The van der Waals surface area contributed by atoms with E-state index in [1.807, 2.05) is 4.90 Å². The van der Waals surface area contributed by atoms with E-state index in [2.05, 4.69) is 42.3 Å². The zero-order chi connectivity index (χ0) is 22.2. The average Bonchev–Trinajstić information content (AvgIpc) is 3.12. The Kier molecular flexibility index (Phi) is 5.83. The van der Waals surface area contributed by atoms with Gasteiger partial charge in [0.25, 0.3) is 5.91 Å². The van der Waals surface area contributed by atoms with Crippen LogP contribution in [0.4, 0.5) is 17.1 Å². The Bertz CT molecular complexity index is 1090. The Hall–Kier alpha value is -2.74. The first-order chi connectivity index (χ1) is 14.8. The molecule has 0 spiro atoms. The Morgan fingerprint density at radius 3 is 2.32 bits per heavy atom. The van der Waals surface area contributed by atoms with Gasteiger partial charge in [0.2, 0.25) is 10.0 Å². The summed E-state index contributed by atoms with van der Waals surface area (Å²) in [5.41, 5.74) is 5.57. The number of aryl methyl sites for hydroxylation is 2. The predicted molar refractivity (Wildman–Crippen MR) is 126 cm³/mol. The first kappa shape index (κ1) is 21.5. The molecular formula is C23H30N4O3S. The number of sulfonamides is 1. The number of carbonyl (C=O) groups is 1. The molecule has 4 rings (SSSR count). The molecule has 166 valence electrons. The second kappa shape index (κ2) is 8.42. The van der Waals surface area contributed by atoms with Gasteiger partial charge in [-0.2, -0.15) is 0 Å². The van der Waals surface area contributed by atoms with Crippen LogP contribution >= 0.6 is 0 Å². The summed E-state index contributed by atoms with van der Waals surface area (Å²) in [4.78, 5) is 17.4. The summed E-state index contributed by atoms with van der Waals surface area (Å²) in [5.74, 6) is 0.147. The number of carbonyl (C=O) groups excluding carboxylic acids is 1. The monoisotopic (exact) mass is 442 g/mol. The quantitative estimate of drug-likeness (QED) is 0.788. The number of amides is 1. The van der Waals surface area contributed by atoms with Crippen LogP contribution in [-0.2, 0) is 10.0 Å². The van der Waals surface area contributed by atoms with Crippen molar-refractivity contribution in [1.82, 2.24) is 4.90 Å². The van der Waals surface area contributed by atoms with Gasteiger partial charge in [0, 0.05) is 51.1 Å². The van der Waals surface area contributed by atoms with Gasteiger partial charge in [-0.05, 0) is 50.1 Å². The average molecular weight is 443 g/mol. The molecule has 2 aliphatic rings. The lowest BCUT2D eigenvalue weighted by molar-refractivity contribution is 0.0747. The minimum Gasteiger partial charge on any atom is -0.387 e. The van der Waals surface area contributed by atoms with Gasteiger partial charge in [-0.15, -0.1) is 0 Å². The summed E-state index contributed by atoms with van der Waals surface area (Å²) in [7, 11) is -1.50. The molecule has 0 saturated carbocycles. The molecule has 2 heterocycles. The molecule has 0 aliphatic carbocycles. The lowest BCUT2D eigenvalue weighted by Gasteiger charge is -2.37. The van der Waals surface area contributed by atoms with Crippen LogP contribution in [0.1, 0.15) is 27.9 Å². The smallest absolute Gasteiger partial charge is 0.256 e. The largest absolute Gasteiger partial charge is 0.387 e. The first-order valence-corrected chi connectivity index (χ1v) is 12.3. The van der Waals surface area contributed by atoms with E-state index in [9.17, 15) is 13.2 Å². The molecule has 2 aromatic rings. The van der Waals surface area contributed by atoms with E-state index < -0.39 is 10.0 Å². The van der Waals surface area contributed by atoms with Gasteiger partial charge in [0.1, 0.15) is 0 Å². The molecule has 2 fully saturated rings. The summed E-state index contributed by atoms with van der Waals surface area (Å²) in [6, 6.07) is 11.7. The molecule has 2 aromatic carbocycles. The van der Waals surface area contributed by atoms with E-state index in [1.54, 1.807) is 25.2 Å². The molecule has 0 atom stereocenters. The molecule has 0 aromatic heterocycles. The third-order valence-corrected chi connectivity index (χ3v) is 8.02. The number of rotatable bonds is 4. The van der Waals surface area contributed by atoms with Crippen LogP contribution in [0.3, 0.4) is 0 Å². The van der Waals surface area contributed by atoms with Crippen molar-refractivity contribution in [2.24, 2.45) is 0 Å². The maximum Gasteiger partial charge on any atom is 0.256 e. The van der Waals surface area contributed by atoms with Crippen molar-refractivity contribution in [2.75, 3.05) is 60.0 Å². The molecule has 7 nitrogen and oxygen atoms in total. The van der Waals surface area contributed by atoms with Crippen LogP contribution in [0.5, 0.6) is 0 Å². The fourth-order valence-electron chi connectivity index (χ4n) is 4.49. The number of anilines is 3. The predicted octanol–water partition coefficient (Wildman–Crippen LogP) is 2.85. The highest BCUT2D eigenvalue weighted by Gasteiger charge is 2.30. The first-order valence-electron chi connectivity index (χ1n) is 10.7. The molecule has 1 amide bonds. The molecular weight excluding hydrogens is 412 g/mol. The van der Waals surface area contributed by atoms with Crippen LogP contribution in [0.25, 0.3) is 0 Å². The number of hydrogen-bond donors (Lipinski definition) is 1. The Morgan fingerprint density at radius 2 is 1.71 bits per heavy atom. The van der Waals surface area contributed by atoms with Gasteiger partial charge in [0.15, 0.2) is 0 Å². The Morgan fingerprint density at radius 1 is 0.968 bits per heavy atom. The molecule has 8 heteroatoms. The number of piperazine rings is 1. The van der Waals surface area contributed by atoms with Crippen molar-refractivity contribution in [3.8, 4) is 0 Å². The van der Waals surface area contributed by atoms with E-state index in [4.69, 9.17) is 0 Å². The van der Waals surface area contributed by atoms with Gasteiger partial charge in [-0.3, -0.25) is 9.10 Å². The van der Waals surface area contributed by atoms with Crippen molar-refractivity contribution < 1.29 is 13.2 Å². The van der Waals surface area contributed by atoms with Crippen molar-refractivity contribution in [3.05, 3.63) is 53.1 Å². The highest BCUT2D eigenvalue weighted by atomic mass is 32.2. The maximum atomic E-state index is 13.2. The number of benzene rings is 2. The molecule has 0 radical (unpaired) electrons. The third kappa shape index (κ3) is 4.21. The summed E-state index contributed by atoms with van der Waals surface area (Å²) >= 11 is 0. The normalized spacial score (nSPS) is 18.4. The summed E-state index contributed by atoms with van der Waals surface area (Å²) < 4.78 is 25.9. The lowest BCUT2D eigenvalue weighted by Crippen LogP contribution is -2.49. The van der Waals surface area contributed by atoms with Crippen LogP contribution in [0, 0.1) is 13.8 Å².